The SMILES string of the molecule is COc1cc(Cc2cnc(NC(=O)Cc3ccc(Cl)cc3)nc2N)cc(OC)c1OC. The summed E-state index contributed by atoms with van der Waals surface area (Å²) < 4.78 is 16.1. The van der Waals surface area contributed by atoms with Crippen LogP contribution in [-0.2, 0) is 17.6 Å². The van der Waals surface area contributed by atoms with Crippen molar-refractivity contribution >= 4 is 29.3 Å². The van der Waals surface area contributed by atoms with Crippen LogP contribution in [0.2, 0.25) is 5.02 Å². The number of nitrogen functional groups attached to an aromatic ring is 1. The van der Waals surface area contributed by atoms with Crippen LogP contribution in [0, 0.1) is 0 Å². The minimum atomic E-state index is -0.251. The number of hydrogen-bond acceptors (Lipinski definition) is 7. The number of benzene rings is 2. The van der Waals surface area contributed by atoms with Gasteiger partial charge in [0.05, 0.1) is 27.8 Å². The second kappa shape index (κ2) is 9.99. The fourth-order valence-electron chi connectivity index (χ4n) is 3.03. The third-order valence-electron chi connectivity index (χ3n) is 4.55. The van der Waals surface area contributed by atoms with Crippen LogP contribution in [0.4, 0.5) is 11.8 Å². The van der Waals surface area contributed by atoms with Gasteiger partial charge < -0.3 is 19.9 Å². The Morgan fingerprint density at radius 2 is 1.68 bits per heavy atom. The normalized spacial score (nSPS) is 10.5. The summed E-state index contributed by atoms with van der Waals surface area (Å²) in [6.07, 6.45) is 2.21. The number of anilines is 2. The van der Waals surface area contributed by atoms with Crippen LogP contribution < -0.4 is 25.3 Å². The summed E-state index contributed by atoms with van der Waals surface area (Å²) in [6.45, 7) is 0. The van der Waals surface area contributed by atoms with Crippen LogP contribution >= 0.6 is 11.6 Å². The summed E-state index contributed by atoms with van der Waals surface area (Å²) in [6, 6.07) is 10.7. The molecule has 0 aliphatic heterocycles. The Bertz CT molecular complexity index is 1050. The van der Waals surface area contributed by atoms with Crippen LogP contribution in [0.1, 0.15) is 16.7 Å². The maximum Gasteiger partial charge on any atom is 0.231 e. The molecule has 1 amide bonds. The number of carbonyl (C=O) groups excluding carboxylic acids is 1. The molecule has 0 aliphatic carbocycles. The molecule has 0 saturated heterocycles. The standard InChI is InChI=1S/C22H23ClN4O4/c1-29-17-9-14(10-18(30-2)20(17)31-3)8-15-12-25-22(27-21(15)24)26-19(28)11-13-4-6-16(23)7-5-13/h4-7,9-10,12H,8,11H2,1-3H3,(H3,24,25,26,27,28). The van der Waals surface area contributed by atoms with Gasteiger partial charge in [0.15, 0.2) is 11.5 Å². The Labute approximate surface area is 185 Å². The Hall–Kier alpha value is -3.52. The average molecular weight is 443 g/mol. The van der Waals surface area contributed by atoms with Crippen molar-refractivity contribution in [2.24, 2.45) is 0 Å². The number of carbonyl (C=O) groups is 1. The molecule has 9 heteroatoms. The topological polar surface area (TPSA) is 109 Å². The maximum atomic E-state index is 12.3. The van der Waals surface area contributed by atoms with Crippen molar-refractivity contribution in [3.63, 3.8) is 0 Å². The molecule has 0 aliphatic rings. The first-order valence-corrected chi connectivity index (χ1v) is 9.75. The van der Waals surface area contributed by atoms with Crippen molar-refractivity contribution in [1.82, 2.24) is 9.97 Å². The monoisotopic (exact) mass is 442 g/mol. The molecule has 8 nitrogen and oxygen atoms in total. The zero-order valence-electron chi connectivity index (χ0n) is 17.4. The quantitative estimate of drug-likeness (QED) is 0.549. The molecule has 2 aromatic carbocycles. The smallest absolute Gasteiger partial charge is 0.231 e. The van der Waals surface area contributed by atoms with E-state index in [1.807, 2.05) is 12.1 Å². The lowest BCUT2D eigenvalue weighted by Gasteiger charge is -2.14. The van der Waals surface area contributed by atoms with Gasteiger partial charge in [-0.15, -0.1) is 0 Å². The van der Waals surface area contributed by atoms with Gasteiger partial charge in [-0.2, -0.15) is 4.98 Å². The van der Waals surface area contributed by atoms with E-state index in [0.717, 1.165) is 11.1 Å². The molecule has 0 saturated carbocycles. The Balaban J connectivity index is 1.72. The molecule has 0 fully saturated rings. The van der Waals surface area contributed by atoms with E-state index >= 15 is 0 Å². The lowest BCUT2D eigenvalue weighted by Crippen LogP contribution is -2.17. The molecule has 162 valence electrons. The lowest BCUT2D eigenvalue weighted by atomic mass is 10.1. The molecular weight excluding hydrogens is 420 g/mol. The van der Waals surface area contributed by atoms with Crippen molar-refractivity contribution < 1.29 is 19.0 Å². The summed E-state index contributed by atoms with van der Waals surface area (Å²) in [5.74, 6) is 1.76. The molecule has 0 unspecified atom stereocenters. The van der Waals surface area contributed by atoms with E-state index in [1.165, 1.54) is 0 Å². The summed E-state index contributed by atoms with van der Waals surface area (Å²) in [4.78, 5) is 20.7. The fraction of sp³-hybridized carbons (Fsp3) is 0.227. The van der Waals surface area contributed by atoms with E-state index in [1.54, 1.807) is 51.8 Å². The number of ether oxygens (including phenoxy) is 3. The molecule has 0 spiro atoms. The minimum Gasteiger partial charge on any atom is -0.493 e. The van der Waals surface area contributed by atoms with Gasteiger partial charge in [-0.25, -0.2) is 4.98 Å². The molecule has 1 heterocycles. The average Bonchev–Trinajstić information content (AvgIpc) is 2.76. The molecular formula is C22H23ClN4O4. The maximum absolute atomic E-state index is 12.3. The van der Waals surface area contributed by atoms with Crippen molar-refractivity contribution in [3.05, 3.63) is 64.3 Å². The highest BCUT2D eigenvalue weighted by molar-refractivity contribution is 6.30. The second-order valence-corrected chi connectivity index (χ2v) is 7.10. The van der Waals surface area contributed by atoms with Gasteiger partial charge in [-0.1, -0.05) is 23.7 Å². The van der Waals surface area contributed by atoms with Gasteiger partial charge in [-0.3, -0.25) is 10.1 Å². The number of methoxy groups -OCH3 is 3. The molecule has 1 aromatic heterocycles. The zero-order valence-corrected chi connectivity index (χ0v) is 18.2. The van der Waals surface area contributed by atoms with Crippen molar-refractivity contribution in [3.8, 4) is 17.2 Å². The van der Waals surface area contributed by atoms with Gasteiger partial charge in [0.2, 0.25) is 17.6 Å². The van der Waals surface area contributed by atoms with Gasteiger partial charge in [0.1, 0.15) is 5.82 Å². The van der Waals surface area contributed by atoms with Gasteiger partial charge >= 0.3 is 0 Å². The van der Waals surface area contributed by atoms with Crippen molar-refractivity contribution in [2.75, 3.05) is 32.4 Å². The fourth-order valence-corrected chi connectivity index (χ4v) is 3.16. The van der Waals surface area contributed by atoms with Crippen LogP contribution in [0.5, 0.6) is 17.2 Å². The van der Waals surface area contributed by atoms with Crippen molar-refractivity contribution in [1.29, 1.82) is 0 Å². The van der Waals surface area contributed by atoms with E-state index < -0.39 is 0 Å². The number of rotatable bonds is 8. The third-order valence-corrected chi connectivity index (χ3v) is 4.80. The molecule has 0 bridgehead atoms. The molecule has 0 radical (unpaired) electrons. The highest BCUT2D eigenvalue weighted by atomic mass is 35.5. The second-order valence-electron chi connectivity index (χ2n) is 6.67. The summed E-state index contributed by atoms with van der Waals surface area (Å²) >= 11 is 5.86. The number of nitrogens with zero attached hydrogens (tertiary/aromatic N) is 2. The number of nitrogens with two attached hydrogens (primary N) is 1. The van der Waals surface area contributed by atoms with Crippen LogP contribution in [0.15, 0.2) is 42.6 Å². The number of hydrogen-bond donors (Lipinski definition) is 2. The summed E-state index contributed by atoms with van der Waals surface area (Å²) in [5.41, 5.74) is 8.51. The highest BCUT2D eigenvalue weighted by Crippen LogP contribution is 2.38. The van der Waals surface area contributed by atoms with E-state index in [0.29, 0.717) is 34.3 Å². The Kier molecular flexibility index (Phi) is 7.15. The molecule has 3 N–H and O–H groups in total. The number of halogens is 1. The van der Waals surface area contributed by atoms with Crippen LogP contribution in [-0.4, -0.2) is 37.2 Å². The highest BCUT2D eigenvalue weighted by Gasteiger charge is 2.15. The summed E-state index contributed by atoms with van der Waals surface area (Å²) in [7, 11) is 4.66. The van der Waals surface area contributed by atoms with Gasteiger partial charge in [0, 0.05) is 23.2 Å². The first-order chi connectivity index (χ1) is 14.9. The largest absolute Gasteiger partial charge is 0.493 e. The third kappa shape index (κ3) is 5.55. The van der Waals surface area contributed by atoms with Crippen LogP contribution in [0.25, 0.3) is 0 Å². The lowest BCUT2D eigenvalue weighted by molar-refractivity contribution is -0.115. The van der Waals surface area contributed by atoms with Crippen LogP contribution in [0.3, 0.4) is 0 Å². The van der Waals surface area contributed by atoms with E-state index in [9.17, 15) is 4.79 Å². The molecule has 31 heavy (non-hydrogen) atoms. The van der Waals surface area contributed by atoms with E-state index in [2.05, 4.69) is 15.3 Å². The van der Waals surface area contributed by atoms with E-state index in [-0.39, 0.29) is 24.1 Å². The minimum absolute atomic E-state index is 0.144. The van der Waals surface area contributed by atoms with Gasteiger partial charge in [0.25, 0.3) is 0 Å². The first-order valence-electron chi connectivity index (χ1n) is 9.38. The molecule has 3 aromatic rings. The number of nitrogens with one attached hydrogen (secondary N) is 1. The Morgan fingerprint density at radius 3 is 2.23 bits per heavy atom. The molecule has 3 rings (SSSR count). The Morgan fingerprint density at radius 1 is 1.03 bits per heavy atom. The number of amides is 1. The zero-order chi connectivity index (χ0) is 22.4. The van der Waals surface area contributed by atoms with Gasteiger partial charge in [-0.05, 0) is 35.4 Å². The summed E-state index contributed by atoms with van der Waals surface area (Å²) in [5, 5.41) is 3.27. The van der Waals surface area contributed by atoms with E-state index in [4.69, 9.17) is 31.5 Å². The predicted octanol–water partition coefficient (Wildman–Crippen LogP) is 3.51. The van der Waals surface area contributed by atoms with Crippen molar-refractivity contribution in [2.45, 2.75) is 12.8 Å². The first kappa shape index (κ1) is 22.2. The number of aromatic nitrogens is 2. The molecule has 0 atom stereocenters. The predicted molar refractivity (Wildman–Crippen MR) is 119 cm³/mol.